The number of hydrogen-bond donors (Lipinski definition) is 1. The molecule has 2 aromatic carbocycles. The van der Waals surface area contributed by atoms with Gasteiger partial charge in [-0.15, -0.1) is 0 Å². The average Bonchev–Trinajstić information content (AvgIpc) is 2.52. The third-order valence-corrected chi connectivity index (χ3v) is 4.58. The summed E-state index contributed by atoms with van der Waals surface area (Å²) in [4.78, 5) is 2.37. The predicted molar refractivity (Wildman–Crippen MR) is 88.2 cm³/mol. The van der Waals surface area contributed by atoms with Crippen LogP contribution in [0.2, 0.25) is 0 Å². The van der Waals surface area contributed by atoms with Crippen LogP contribution >= 0.6 is 15.9 Å². The maximum Gasteiger partial charge on any atom is 0.137 e. The third kappa shape index (κ3) is 2.97. The fraction of sp³-hybridized carbons (Fsp3) is 0.294. The molecule has 21 heavy (non-hydrogen) atoms. The van der Waals surface area contributed by atoms with E-state index in [2.05, 4.69) is 50.4 Å². The van der Waals surface area contributed by atoms with Crippen molar-refractivity contribution in [1.82, 2.24) is 5.32 Å². The van der Waals surface area contributed by atoms with Crippen LogP contribution in [-0.2, 0) is 0 Å². The zero-order chi connectivity index (χ0) is 14.8. The molecule has 0 aliphatic carbocycles. The van der Waals surface area contributed by atoms with Crippen molar-refractivity contribution in [3.8, 4) is 0 Å². The van der Waals surface area contributed by atoms with Crippen LogP contribution in [0.25, 0.3) is 0 Å². The monoisotopic (exact) mass is 348 g/mol. The summed E-state index contributed by atoms with van der Waals surface area (Å²) < 4.78 is 14.2. The molecule has 0 aromatic heterocycles. The van der Waals surface area contributed by atoms with E-state index in [1.54, 1.807) is 6.07 Å². The Hall–Kier alpha value is -1.39. The number of anilines is 1. The van der Waals surface area contributed by atoms with Gasteiger partial charge in [-0.25, -0.2) is 4.39 Å². The molecule has 110 valence electrons. The van der Waals surface area contributed by atoms with Crippen LogP contribution in [0.4, 0.5) is 10.1 Å². The maximum absolute atomic E-state index is 13.7. The Balaban J connectivity index is 2.00. The zero-order valence-corrected chi connectivity index (χ0v) is 13.5. The smallest absolute Gasteiger partial charge is 0.137 e. The first-order valence-corrected chi connectivity index (χ1v) is 7.94. The average molecular weight is 349 g/mol. The van der Waals surface area contributed by atoms with Crippen molar-refractivity contribution < 1.29 is 4.39 Å². The Morgan fingerprint density at radius 3 is 2.76 bits per heavy atom. The van der Waals surface area contributed by atoms with Crippen LogP contribution in [0.1, 0.15) is 17.2 Å². The molecule has 1 aliphatic heterocycles. The van der Waals surface area contributed by atoms with Crippen LogP contribution in [-0.4, -0.2) is 19.6 Å². The number of hydrogen-bond acceptors (Lipinski definition) is 2. The van der Waals surface area contributed by atoms with E-state index < -0.39 is 0 Å². The Morgan fingerprint density at radius 1 is 1.24 bits per heavy atom. The van der Waals surface area contributed by atoms with Gasteiger partial charge in [0.1, 0.15) is 5.82 Å². The maximum atomic E-state index is 13.7. The fourth-order valence-electron chi connectivity index (χ4n) is 2.91. The van der Waals surface area contributed by atoms with Crippen molar-refractivity contribution in [3.63, 3.8) is 0 Å². The highest BCUT2D eigenvalue weighted by molar-refractivity contribution is 9.10. The first-order chi connectivity index (χ1) is 10.2. The molecule has 2 nitrogen and oxygen atoms in total. The number of nitrogens with zero attached hydrogens (tertiary/aromatic N) is 1. The zero-order valence-electron chi connectivity index (χ0n) is 11.9. The van der Waals surface area contributed by atoms with Crippen molar-refractivity contribution >= 4 is 21.6 Å². The predicted octanol–water partition coefficient (Wildman–Crippen LogP) is 4.05. The highest BCUT2D eigenvalue weighted by Gasteiger charge is 2.25. The highest BCUT2D eigenvalue weighted by Crippen LogP contribution is 2.33. The van der Waals surface area contributed by atoms with E-state index in [1.165, 1.54) is 5.56 Å². The fourth-order valence-corrected chi connectivity index (χ4v) is 3.24. The van der Waals surface area contributed by atoms with Crippen molar-refractivity contribution in [2.24, 2.45) is 0 Å². The van der Waals surface area contributed by atoms with Gasteiger partial charge in [-0.3, -0.25) is 0 Å². The molecular formula is C17H18BrFN2. The molecule has 1 N–H and O–H groups in total. The molecule has 0 saturated carbocycles. The minimum Gasteiger partial charge on any atom is -0.362 e. The van der Waals surface area contributed by atoms with Gasteiger partial charge in [-0.05, 0) is 46.1 Å². The summed E-state index contributed by atoms with van der Waals surface area (Å²) in [6.45, 7) is 4.73. The summed E-state index contributed by atoms with van der Waals surface area (Å²) in [6.07, 6.45) is 0. The van der Waals surface area contributed by atoms with Crippen LogP contribution in [0.15, 0.2) is 46.9 Å². The molecule has 1 atom stereocenters. The summed E-state index contributed by atoms with van der Waals surface area (Å²) in [5.74, 6) is -0.206. The molecule has 0 spiro atoms. The van der Waals surface area contributed by atoms with Gasteiger partial charge in [-0.2, -0.15) is 0 Å². The van der Waals surface area contributed by atoms with E-state index in [1.807, 2.05) is 19.1 Å². The van der Waals surface area contributed by atoms with E-state index in [9.17, 15) is 4.39 Å². The molecule has 1 fully saturated rings. The number of piperazine rings is 1. The molecule has 1 aliphatic rings. The molecule has 0 amide bonds. The van der Waals surface area contributed by atoms with E-state index in [0.29, 0.717) is 4.47 Å². The van der Waals surface area contributed by atoms with E-state index in [-0.39, 0.29) is 11.9 Å². The molecule has 4 heteroatoms. The molecule has 1 saturated heterocycles. The van der Waals surface area contributed by atoms with Gasteiger partial charge in [0.05, 0.1) is 10.5 Å². The largest absolute Gasteiger partial charge is 0.362 e. The first kappa shape index (κ1) is 14.5. The molecule has 3 rings (SSSR count). The number of aryl methyl sites for hydroxylation is 1. The van der Waals surface area contributed by atoms with Gasteiger partial charge in [0, 0.05) is 25.3 Å². The SMILES string of the molecule is Cc1cc(F)c(Br)cc1N1CCNCC1c1ccccc1. The van der Waals surface area contributed by atoms with Crippen LogP contribution in [0.5, 0.6) is 0 Å². The Morgan fingerprint density at radius 2 is 2.00 bits per heavy atom. The summed E-state index contributed by atoms with van der Waals surface area (Å²) in [7, 11) is 0. The Kier molecular flexibility index (Phi) is 4.27. The third-order valence-electron chi connectivity index (χ3n) is 3.98. The summed E-state index contributed by atoms with van der Waals surface area (Å²) in [5, 5.41) is 3.45. The Bertz CT molecular complexity index is 630. The van der Waals surface area contributed by atoms with Crippen molar-refractivity contribution in [2.45, 2.75) is 13.0 Å². The topological polar surface area (TPSA) is 15.3 Å². The quantitative estimate of drug-likeness (QED) is 0.880. The van der Waals surface area contributed by atoms with E-state index >= 15 is 0 Å². The summed E-state index contributed by atoms with van der Waals surface area (Å²) in [6, 6.07) is 14.2. The standard InChI is InChI=1S/C17H18BrFN2/c1-12-9-15(19)14(18)10-16(12)21-8-7-20-11-17(21)13-5-3-2-4-6-13/h2-6,9-10,17,20H,7-8,11H2,1H3. The summed E-state index contributed by atoms with van der Waals surface area (Å²) in [5.41, 5.74) is 3.35. The molecular weight excluding hydrogens is 331 g/mol. The minimum atomic E-state index is -0.206. The number of halogens is 2. The van der Waals surface area contributed by atoms with E-state index in [0.717, 1.165) is 30.9 Å². The molecule has 0 radical (unpaired) electrons. The molecule has 1 heterocycles. The first-order valence-electron chi connectivity index (χ1n) is 7.15. The van der Waals surface area contributed by atoms with Gasteiger partial charge in [-0.1, -0.05) is 30.3 Å². The number of nitrogens with one attached hydrogen (secondary N) is 1. The van der Waals surface area contributed by atoms with Gasteiger partial charge in [0.25, 0.3) is 0 Å². The summed E-state index contributed by atoms with van der Waals surface area (Å²) >= 11 is 3.31. The lowest BCUT2D eigenvalue weighted by Gasteiger charge is -2.39. The van der Waals surface area contributed by atoms with Gasteiger partial charge in [0.15, 0.2) is 0 Å². The van der Waals surface area contributed by atoms with Crippen LogP contribution < -0.4 is 10.2 Å². The van der Waals surface area contributed by atoms with Gasteiger partial charge in [0.2, 0.25) is 0 Å². The van der Waals surface area contributed by atoms with E-state index in [4.69, 9.17) is 0 Å². The van der Waals surface area contributed by atoms with Crippen molar-refractivity contribution in [3.05, 3.63) is 63.9 Å². The van der Waals surface area contributed by atoms with Gasteiger partial charge >= 0.3 is 0 Å². The molecule has 1 unspecified atom stereocenters. The second-order valence-electron chi connectivity index (χ2n) is 5.38. The minimum absolute atomic E-state index is 0.206. The number of rotatable bonds is 2. The molecule has 2 aromatic rings. The van der Waals surface area contributed by atoms with Crippen LogP contribution in [0, 0.1) is 12.7 Å². The second-order valence-corrected chi connectivity index (χ2v) is 6.23. The normalized spacial score (nSPS) is 18.8. The van der Waals surface area contributed by atoms with Crippen LogP contribution in [0.3, 0.4) is 0 Å². The molecule has 0 bridgehead atoms. The van der Waals surface area contributed by atoms with Gasteiger partial charge < -0.3 is 10.2 Å². The lowest BCUT2D eigenvalue weighted by atomic mass is 10.0. The lowest BCUT2D eigenvalue weighted by molar-refractivity contribution is 0.488. The second kappa shape index (κ2) is 6.16. The number of benzene rings is 2. The lowest BCUT2D eigenvalue weighted by Crippen LogP contribution is -2.46. The highest BCUT2D eigenvalue weighted by atomic mass is 79.9. The van der Waals surface area contributed by atoms with Crippen molar-refractivity contribution in [2.75, 3.05) is 24.5 Å². The Labute approximate surface area is 133 Å². The van der Waals surface area contributed by atoms with Crippen molar-refractivity contribution in [1.29, 1.82) is 0 Å².